The van der Waals surface area contributed by atoms with Gasteiger partial charge in [-0.05, 0) is 18.4 Å². The van der Waals surface area contributed by atoms with E-state index in [1.165, 1.54) is 16.2 Å². The minimum Gasteiger partial charge on any atom is -0.510 e. The SMILES string of the molecule is Cc1csc(C2=C(O)CN(Cc3cccs3)C2=N)n1. The largest absolute Gasteiger partial charge is 0.510 e. The molecule has 3 heterocycles. The van der Waals surface area contributed by atoms with Gasteiger partial charge < -0.3 is 10.0 Å². The fourth-order valence-electron chi connectivity index (χ4n) is 2.05. The molecule has 0 saturated carbocycles. The van der Waals surface area contributed by atoms with Crippen molar-refractivity contribution in [2.24, 2.45) is 0 Å². The molecule has 3 rings (SSSR count). The molecule has 0 aromatic carbocycles. The summed E-state index contributed by atoms with van der Waals surface area (Å²) in [6.45, 7) is 2.97. The second-order valence-corrected chi connectivity index (χ2v) is 6.29. The van der Waals surface area contributed by atoms with Crippen LogP contribution in [0, 0.1) is 12.3 Å². The number of hydrogen-bond acceptors (Lipinski definition) is 5. The molecule has 1 aliphatic rings. The molecule has 2 aromatic rings. The average Bonchev–Trinajstić information content (AvgIpc) is 3.05. The molecule has 0 fully saturated rings. The number of aromatic nitrogens is 1. The molecule has 2 aromatic heterocycles. The van der Waals surface area contributed by atoms with E-state index < -0.39 is 0 Å². The van der Waals surface area contributed by atoms with Crippen LogP contribution >= 0.6 is 22.7 Å². The van der Waals surface area contributed by atoms with Gasteiger partial charge in [-0.3, -0.25) is 5.41 Å². The fraction of sp³-hybridized carbons (Fsp3) is 0.231. The van der Waals surface area contributed by atoms with Gasteiger partial charge in [-0.1, -0.05) is 6.07 Å². The van der Waals surface area contributed by atoms with Gasteiger partial charge in [-0.2, -0.15) is 0 Å². The van der Waals surface area contributed by atoms with Gasteiger partial charge in [0.15, 0.2) is 0 Å². The van der Waals surface area contributed by atoms with Crippen LogP contribution in [0.5, 0.6) is 0 Å². The van der Waals surface area contributed by atoms with Crippen LogP contribution < -0.4 is 0 Å². The van der Waals surface area contributed by atoms with Crippen LogP contribution in [0.1, 0.15) is 15.6 Å². The van der Waals surface area contributed by atoms with Crippen LogP contribution in [0.3, 0.4) is 0 Å². The van der Waals surface area contributed by atoms with E-state index in [-0.39, 0.29) is 5.76 Å². The Morgan fingerprint density at radius 2 is 2.32 bits per heavy atom. The molecule has 0 radical (unpaired) electrons. The van der Waals surface area contributed by atoms with Crippen molar-refractivity contribution in [3.63, 3.8) is 0 Å². The van der Waals surface area contributed by atoms with Crippen molar-refractivity contribution in [1.82, 2.24) is 9.88 Å². The number of hydrogen-bond donors (Lipinski definition) is 2. The summed E-state index contributed by atoms with van der Waals surface area (Å²) in [5.41, 5.74) is 1.50. The van der Waals surface area contributed by atoms with E-state index in [4.69, 9.17) is 5.41 Å². The van der Waals surface area contributed by atoms with Crippen molar-refractivity contribution in [2.45, 2.75) is 13.5 Å². The Morgan fingerprint density at radius 1 is 1.47 bits per heavy atom. The molecule has 0 unspecified atom stereocenters. The van der Waals surface area contributed by atoms with E-state index in [9.17, 15) is 5.11 Å². The van der Waals surface area contributed by atoms with Crippen LogP contribution in [0.4, 0.5) is 0 Å². The molecule has 6 heteroatoms. The molecule has 0 saturated heterocycles. The van der Waals surface area contributed by atoms with E-state index >= 15 is 0 Å². The lowest BCUT2D eigenvalue weighted by Crippen LogP contribution is -2.25. The molecule has 1 aliphatic heterocycles. The molecule has 4 nitrogen and oxygen atoms in total. The molecular formula is C13H13N3OS2. The highest BCUT2D eigenvalue weighted by Gasteiger charge is 2.30. The number of nitrogens with zero attached hydrogens (tertiary/aromatic N) is 2. The van der Waals surface area contributed by atoms with Gasteiger partial charge in [0.05, 0.1) is 18.7 Å². The number of amidine groups is 1. The fourth-order valence-corrected chi connectivity index (χ4v) is 3.64. The molecule has 0 atom stereocenters. The highest BCUT2D eigenvalue weighted by molar-refractivity contribution is 7.11. The van der Waals surface area contributed by atoms with Gasteiger partial charge in [0, 0.05) is 16.0 Å². The van der Waals surface area contributed by atoms with E-state index in [1.54, 1.807) is 11.3 Å². The van der Waals surface area contributed by atoms with Gasteiger partial charge in [-0.25, -0.2) is 4.98 Å². The summed E-state index contributed by atoms with van der Waals surface area (Å²) in [5.74, 6) is 0.608. The van der Waals surface area contributed by atoms with Gasteiger partial charge in [0.2, 0.25) is 0 Å². The Bertz CT molecular complexity index is 643. The summed E-state index contributed by atoms with van der Waals surface area (Å²) < 4.78 is 0. The Balaban J connectivity index is 1.83. The predicted octanol–water partition coefficient (Wildman–Crippen LogP) is 3.28. The van der Waals surface area contributed by atoms with Crippen molar-refractivity contribution in [1.29, 1.82) is 5.41 Å². The number of rotatable bonds is 3. The first-order chi connectivity index (χ1) is 9.15. The second kappa shape index (κ2) is 4.79. The lowest BCUT2D eigenvalue weighted by molar-refractivity contribution is 0.348. The zero-order chi connectivity index (χ0) is 13.4. The smallest absolute Gasteiger partial charge is 0.135 e. The van der Waals surface area contributed by atoms with Crippen molar-refractivity contribution >= 4 is 34.1 Å². The Labute approximate surface area is 119 Å². The zero-order valence-electron chi connectivity index (χ0n) is 10.4. The standard InChI is InChI=1S/C13H13N3OS2/c1-8-7-19-13(15-8)11-10(17)6-16(12(11)14)5-9-3-2-4-18-9/h2-4,7,14,17H,5-6H2,1H3. The highest BCUT2D eigenvalue weighted by Crippen LogP contribution is 2.30. The first-order valence-electron chi connectivity index (χ1n) is 5.86. The Hall–Kier alpha value is -1.66. The van der Waals surface area contributed by atoms with E-state index in [2.05, 4.69) is 4.98 Å². The first kappa shape index (κ1) is 12.4. The van der Waals surface area contributed by atoms with Gasteiger partial charge in [-0.15, -0.1) is 22.7 Å². The first-order valence-corrected chi connectivity index (χ1v) is 7.62. The quantitative estimate of drug-likeness (QED) is 0.912. The molecule has 0 amide bonds. The van der Waals surface area contributed by atoms with Crippen molar-refractivity contribution < 1.29 is 5.11 Å². The topological polar surface area (TPSA) is 60.2 Å². The molecule has 0 aliphatic carbocycles. The van der Waals surface area contributed by atoms with Crippen LogP contribution in [-0.4, -0.2) is 27.4 Å². The Morgan fingerprint density at radius 3 is 2.95 bits per heavy atom. The van der Waals surface area contributed by atoms with Crippen molar-refractivity contribution in [3.05, 3.63) is 44.2 Å². The number of thiophene rings is 1. The lowest BCUT2D eigenvalue weighted by atomic mass is 10.2. The summed E-state index contributed by atoms with van der Waals surface area (Å²) in [6.07, 6.45) is 0. The van der Waals surface area contributed by atoms with Gasteiger partial charge in [0.25, 0.3) is 0 Å². The maximum atomic E-state index is 10.1. The van der Waals surface area contributed by atoms with Crippen LogP contribution in [0.2, 0.25) is 0 Å². The van der Waals surface area contributed by atoms with Gasteiger partial charge >= 0.3 is 0 Å². The highest BCUT2D eigenvalue weighted by atomic mass is 32.1. The number of nitrogens with one attached hydrogen (secondary N) is 1. The summed E-state index contributed by atoms with van der Waals surface area (Å²) >= 11 is 3.13. The van der Waals surface area contributed by atoms with Gasteiger partial charge in [0.1, 0.15) is 16.6 Å². The normalized spacial score (nSPS) is 15.6. The average molecular weight is 291 g/mol. The monoisotopic (exact) mass is 291 g/mol. The molecule has 98 valence electrons. The third-order valence-corrected chi connectivity index (χ3v) is 4.78. The molecule has 0 spiro atoms. The maximum Gasteiger partial charge on any atom is 0.135 e. The third-order valence-electron chi connectivity index (χ3n) is 2.94. The minimum atomic E-state index is 0.246. The van der Waals surface area contributed by atoms with Crippen LogP contribution in [0.15, 0.2) is 28.7 Å². The van der Waals surface area contributed by atoms with E-state index in [0.717, 1.165) is 10.7 Å². The number of aryl methyl sites for hydroxylation is 1. The van der Waals surface area contributed by atoms with E-state index in [1.807, 2.05) is 34.7 Å². The lowest BCUT2D eigenvalue weighted by Gasteiger charge is -2.17. The summed E-state index contributed by atoms with van der Waals surface area (Å²) in [5, 5.41) is 23.0. The Kier molecular flexibility index (Phi) is 3.12. The van der Waals surface area contributed by atoms with Crippen molar-refractivity contribution in [2.75, 3.05) is 6.54 Å². The summed E-state index contributed by atoms with van der Waals surface area (Å²) in [7, 11) is 0. The van der Waals surface area contributed by atoms with Crippen LogP contribution in [-0.2, 0) is 6.54 Å². The number of aliphatic hydroxyl groups excluding tert-OH is 1. The molecular weight excluding hydrogens is 278 g/mol. The number of aliphatic hydroxyl groups is 1. The molecule has 0 bridgehead atoms. The second-order valence-electron chi connectivity index (χ2n) is 4.40. The summed E-state index contributed by atoms with van der Waals surface area (Å²) in [6, 6.07) is 4.04. The van der Waals surface area contributed by atoms with Crippen molar-refractivity contribution in [3.8, 4) is 0 Å². The minimum absolute atomic E-state index is 0.246. The summed E-state index contributed by atoms with van der Waals surface area (Å²) in [4.78, 5) is 7.42. The van der Waals surface area contributed by atoms with Crippen LogP contribution in [0.25, 0.3) is 5.57 Å². The zero-order valence-corrected chi connectivity index (χ0v) is 12.0. The molecule has 2 N–H and O–H groups in total. The third kappa shape index (κ3) is 2.29. The number of thiazole rings is 1. The predicted molar refractivity (Wildman–Crippen MR) is 78.9 cm³/mol. The van der Waals surface area contributed by atoms with E-state index in [0.29, 0.717) is 24.5 Å². The maximum absolute atomic E-state index is 10.1. The molecule has 19 heavy (non-hydrogen) atoms.